The average Bonchev–Trinajstić information content (AvgIpc) is 2.68. The Balaban J connectivity index is 2.29. The Kier molecular flexibility index (Phi) is 2.97. The molecule has 0 aliphatic heterocycles. The Bertz CT molecular complexity index is 447. The van der Waals surface area contributed by atoms with Crippen LogP contribution in [0.2, 0.25) is 0 Å². The van der Waals surface area contributed by atoms with Crippen molar-refractivity contribution in [3.63, 3.8) is 0 Å². The first-order valence-corrected chi connectivity index (χ1v) is 5.30. The van der Waals surface area contributed by atoms with E-state index in [1.165, 1.54) is 5.56 Å². The molecular weight excluding hydrogens is 188 g/mol. The lowest BCUT2D eigenvalue weighted by Gasteiger charge is -2.00. The number of hydrogen-bond donors (Lipinski definition) is 1. The summed E-state index contributed by atoms with van der Waals surface area (Å²) in [6.45, 7) is 3.08. The molecule has 0 aromatic carbocycles. The van der Waals surface area contributed by atoms with Gasteiger partial charge in [0.1, 0.15) is 0 Å². The van der Waals surface area contributed by atoms with Crippen LogP contribution in [0.15, 0.2) is 18.6 Å². The van der Waals surface area contributed by atoms with Gasteiger partial charge >= 0.3 is 0 Å². The number of imidazole rings is 1. The van der Waals surface area contributed by atoms with Gasteiger partial charge in [0.2, 0.25) is 5.78 Å². The average molecular weight is 204 g/mol. The zero-order valence-corrected chi connectivity index (χ0v) is 9.20. The Morgan fingerprint density at radius 3 is 3.00 bits per heavy atom. The van der Waals surface area contributed by atoms with Crippen molar-refractivity contribution >= 4 is 5.78 Å². The number of aromatic nitrogens is 3. The second-order valence-electron chi connectivity index (χ2n) is 3.61. The molecule has 0 spiro atoms. The highest BCUT2D eigenvalue weighted by Crippen LogP contribution is 2.05. The first-order chi connectivity index (χ1) is 7.33. The predicted molar refractivity (Wildman–Crippen MR) is 60.0 cm³/mol. The first-order valence-electron chi connectivity index (χ1n) is 5.30. The summed E-state index contributed by atoms with van der Waals surface area (Å²) in [5.41, 5.74) is 2.32. The van der Waals surface area contributed by atoms with Crippen molar-refractivity contribution < 1.29 is 0 Å². The van der Waals surface area contributed by atoms with Crippen molar-refractivity contribution in [2.24, 2.45) is 0 Å². The molecule has 0 fully saturated rings. The van der Waals surface area contributed by atoms with E-state index in [1.54, 1.807) is 0 Å². The molecule has 0 saturated heterocycles. The molecule has 0 radical (unpaired) electrons. The highest BCUT2D eigenvalue weighted by Gasteiger charge is 2.01. The molecule has 4 heteroatoms. The van der Waals surface area contributed by atoms with Gasteiger partial charge in [0.05, 0.1) is 5.69 Å². The van der Waals surface area contributed by atoms with Gasteiger partial charge in [-0.15, -0.1) is 0 Å². The van der Waals surface area contributed by atoms with Crippen molar-refractivity contribution in [1.82, 2.24) is 19.7 Å². The minimum absolute atomic E-state index is 0.792. The number of aryl methyl sites for hydroxylation is 1. The largest absolute Gasteiger partial charge is 0.319 e. The van der Waals surface area contributed by atoms with Gasteiger partial charge in [0.15, 0.2) is 0 Å². The second-order valence-corrected chi connectivity index (χ2v) is 3.61. The van der Waals surface area contributed by atoms with Crippen LogP contribution in [0.4, 0.5) is 0 Å². The molecule has 0 aliphatic rings. The van der Waals surface area contributed by atoms with Crippen LogP contribution in [0.5, 0.6) is 0 Å². The monoisotopic (exact) mass is 204 g/mol. The maximum absolute atomic E-state index is 4.39. The van der Waals surface area contributed by atoms with Gasteiger partial charge in [-0.3, -0.25) is 4.40 Å². The fourth-order valence-electron chi connectivity index (χ4n) is 1.55. The van der Waals surface area contributed by atoms with Crippen LogP contribution in [-0.4, -0.2) is 28.0 Å². The molecule has 0 bridgehead atoms. The number of fused-ring (bicyclic) bond motifs is 1. The van der Waals surface area contributed by atoms with E-state index in [0.717, 1.165) is 30.9 Å². The summed E-state index contributed by atoms with van der Waals surface area (Å²) >= 11 is 0. The standard InChI is InChI=1S/C11H16N4/c1-3-10-8-15-7-9(4-5-12-2)6-13-11(15)14-10/h6-8,12H,3-5H2,1-2H3. The number of hydrogen-bond acceptors (Lipinski definition) is 3. The lowest BCUT2D eigenvalue weighted by molar-refractivity contribution is 0.784. The van der Waals surface area contributed by atoms with Gasteiger partial charge in [-0.05, 0) is 32.0 Å². The smallest absolute Gasteiger partial charge is 0.233 e. The molecular formula is C11H16N4. The molecule has 2 heterocycles. The van der Waals surface area contributed by atoms with Crippen molar-refractivity contribution in [3.05, 3.63) is 29.8 Å². The third-order valence-corrected chi connectivity index (χ3v) is 2.44. The molecule has 0 atom stereocenters. The minimum atomic E-state index is 0.792. The molecule has 2 rings (SSSR count). The van der Waals surface area contributed by atoms with Crippen LogP contribution in [0.25, 0.3) is 5.78 Å². The Hall–Kier alpha value is -1.42. The highest BCUT2D eigenvalue weighted by molar-refractivity contribution is 5.31. The minimum Gasteiger partial charge on any atom is -0.319 e. The number of likely N-dealkylation sites (N-methyl/N-ethyl adjacent to an activating group) is 1. The summed E-state index contributed by atoms with van der Waals surface area (Å²) < 4.78 is 2.00. The molecule has 0 saturated carbocycles. The van der Waals surface area contributed by atoms with E-state index in [4.69, 9.17) is 0 Å². The van der Waals surface area contributed by atoms with E-state index in [-0.39, 0.29) is 0 Å². The molecule has 15 heavy (non-hydrogen) atoms. The summed E-state index contributed by atoms with van der Waals surface area (Å²) in [7, 11) is 1.96. The SMILES string of the molecule is CCc1cn2cc(CCNC)cnc2n1. The van der Waals surface area contributed by atoms with E-state index in [2.05, 4.69) is 28.4 Å². The number of nitrogens with one attached hydrogen (secondary N) is 1. The number of nitrogens with zero attached hydrogens (tertiary/aromatic N) is 3. The topological polar surface area (TPSA) is 42.2 Å². The summed E-state index contributed by atoms with van der Waals surface area (Å²) in [5, 5.41) is 3.13. The Labute approximate surface area is 89.4 Å². The Morgan fingerprint density at radius 1 is 1.40 bits per heavy atom. The van der Waals surface area contributed by atoms with Gasteiger partial charge in [-0.2, -0.15) is 0 Å². The third kappa shape index (κ3) is 2.15. The third-order valence-electron chi connectivity index (χ3n) is 2.44. The maximum Gasteiger partial charge on any atom is 0.233 e. The van der Waals surface area contributed by atoms with Gasteiger partial charge in [0.25, 0.3) is 0 Å². The summed E-state index contributed by atoms with van der Waals surface area (Å²) in [4.78, 5) is 8.72. The molecule has 80 valence electrons. The van der Waals surface area contributed by atoms with E-state index in [9.17, 15) is 0 Å². The van der Waals surface area contributed by atoms with Crippen LogP contribution < -0.4 is 5.32 Å². The van der Waals surface area contributed by atoms with Crippen molar-refractivity contribution in [2.45, 2.75) is 19.8 Å². The summed E-state index contributed by atoms with van der Waals surface area (Å²) in [5.74, 6) is 0.792. The summed E-state index contributed by atoms with van der Waals surface area (Å²) in [6, 6.07) is 0. The molecule has 0 unspecified atom stereocenters. The second kappa shape index (κ2) is 4.40. The molecule has 4 nitrogen and oxygen atoms in total. The van der Waals surface area contributed by atoms with Crippen LogP contribution in [0.1, 0.15) is 18.2 Å². The van der Waals surface area contributed by atoms with Gasteiger partial charge in [-0.1, -0.05) is 6.92 Å². The van der Waals surface area contributed by atoms with Crippen molar-refractivity contribution in [2.75, 3.05) is 13.6 Å². The maximum atomic E-state index is 4.39. The lowest BCUT2D eigenvalue weighted by Crippen LogP contribution is -2.10. The van der Waals surface area contributed by atoms with Crippen LogP contribution in [0.3, 0.4) is 0 Å². The molecule has 2 aromatic rings. The van der Waals surface area contributed by atoms with Crippen molar-refractivity contribution in [1.29, 1.82) is 0 Å². The van der Waals surface area contributed by atoms with Crippen molar-refractivity contribution in [3.8, 4) is 0 Å². The Morgan fingerprint density at radius 2 is 2.27 bits per heavy atom. The summed E-state index contributed by atoms with van der Waals surface area (Å²) in [6.07, 6.45) is 8.00. The van der Waals surface area contributed by atoms with E-state index in [0.29, 0.717) is 0 Å². The zero-order chi connectivity index (χ0) is 10.7. The lowest BCUT2D eigenvalue weighted by atomic mass is 10.2. The van der Waals surface area contributed by atoms with Gasteiger partial charge < -0.3 is 5.32 Å². The molecule has 0 amide bonds. The van der Waals surface area contributed by atoms with Gasteiger partial charge in [0, 0.05) is 18.6 Å². The zero-order valence-electron chi connectivity index (χ0n) is 9.20. The predicted octanol–water partition coefficient (Wildman–Crippen LogP) is 1.05. The molecule has 0 aliphatic carbocycles. The van der Waals surface area contributed by atoms with E-state index in [1.807, 2.05) is 23.8 Å². The molecule has 1 N–H and O–H groups in total. The van der Waals surface area contributed by atoms with E-state index < -0.39 is 0 Å². The van der Waals surface area contributed by atoms with Crippen LogP contribution in [0, 0.1) is 0 Å². The van der Waals surface area contributed by atoms with Gasteiger partial charge in [-0.25, -0.2) is 9.97 Å². The molecule has 2 aromatic heterocycles. The number of rotatable bonds is 4. The quantitative estimate of drug-likeness (QED) is 0.809. The fraction of sp³-hybridized carbons (Fsp3) is 0.455. The fourth-order valence-corrected chi connectivity index (χ4v) is 1.55. The van der Waals surface area contributed by atoms with Crippen LogP contribution in [-0.2, 0) is 12.8 Å². The van der Waals surface area contributed by atoms with Crippen LogP contribution >= 0.6 is 0 Å². The first kappa shape index (κ1) is 10.1. The van der Waals surface area contributed by atoms with E-state index >= 15 is 0 Å². The normalized spacial score (nSPS) is 11.1. The highest BCUT2D eigenvalue weighted by atomic mass is 15.1.